The van der Waals surface area contributed by atoms with Gasteiger partial charge in [-0.05, 0) is 18.6 Å². The van der Waals surface area contributed by atoms with Crippen molar-refractivity contribution in [3.05, 3.63) is 29.3 Å². The van der Waals surface area contributed by atoms with Crippen molar-refractivity contribution in [2.75, 3.05) is 26.2 Å². The molecular weight excluding hydrogens is 236 g/mol. The molecule has 0 radical (unpaired) electrons. The molecular formula is C13H19ClN2O. The third-order valence-corrected chi connectivity index (χ3v) is 3.32. The minimum atomic E-state index is 0.122. The Morgan fingerprint density at radius 3 is 2.71 bits per heavy atom. The lowest BCUT2D eigenvalue weighted by molar-refractivity contribution is 0.0145. The predicted molar refractivity (Wildman–Crippen MR) is 70.6 cm³/mol. The highest BCUT2D eigenvalue weighted by Gasteiger charge is 2.20. The summed E-state index contributed by atoms with van der Waals surface area (Å²) in [5, 5.41) is 4.03. The maximum atomic E-state index is 6.11. The number of para-hydroxylation sites is 1. The third-order valence-electron chi connectivity index (χ3n) is 3.01. The summed E-state index contributed by atoms with van der Waals surface area (Å²) in [6.07, 6.45) is 1.09. The van der Waals surface area contributed by atoms with Crippen LogP contribution >= 0.6 is 11.6 Å². The summed E-state index contributed by atoms with van der Waals surface area (Å²) in [5.41, 5.74) is 0. The van der Waals surface area contributed by atoms with Crippen molar-refractivity contribution in [3.63, 3.8) is 0 Å². The molecule has 1 saturated heterocycles. The highest BCUT2D eigenvalue weighted by Crippen LogP contribution is 2.25. The van der Waals surface area contributed by atoms with Crippen molar-refractivity contribution < 1.29 is 4.74 Å². The lowest BCUT2D eigenvalue weighted by atomic mass is 10.3. The van der Waals surface area contributed by atoms with E-state index in [4.69, 9.17) is 16.3 Å². The summed E-state index contributed by atoms with van der Waals surface area (Å²) < 4.78 is 6.00. The first-order valence-corrected chi connectivity index (χ1v) is 6.55. The molecule has 1 aliphatic rings. The van der Waals surface area contributed by atoms with E-state index in [1.165, 1.54) is 0 Å². The number of hydrogen-bond donors (Lipinski definition) is 1. The number of hydrogen-bond acceptors (Lipinski definition) is 3. The molecule has 0 aromatic heterocycles. The Kier molecular flexibility index (Phi) is 4.66. The van der Waals surface area contributed by atoms with Gasteiger partial charge in [0.05, 0.1) is 5.02 Å². The van der Waals surface area contributed by atoms with Crippen molar-refractivity contribution in [2.24, 2.45) is 0 Å². The van der Waals surface area contributed by atoms with E-state index in [0.717, 1.165) is 38.3 Å². The average molecular weight is 255 g/mol. The van der Waals surface area contributed by atoms with E-state index >= 15 is 0 Å². The van der Waals surface area contributed by atoms with Gasteiger partial charge in [-0.3, -0.25) is 4.90 Å². The quantitative estimate of drug-likeness (QED) is 0.893. The van der Waals surface area contributed by atoms with Crippen molar-refractivity contribution in [2.45, 2.75) is 19.6 Å². The van der Waals surface area contributed by atoms with Gasteiger partial charge >= 0.3 is 0 Å². The highest BCUT2D eigenvalue weighted by molar-refractivity contribution is 6.32. The van der Waals surface area contributed by atoms with Gasteiger partial charge in [0.25, 0.3) is 0 Å². The Bertz CT molecular complexity index is 353. The third kappa shape index (κ3) is 3.35. The second kappa shape index (κ2) is 6.24. The summed E-state index contributed by atoms with van der Waals surface area (Å²) in [6, 6.07) is 7.65. The van der Waals surface area contributed by atoms with Crippen LogP contribution in [0.5, 0.6) is 5.75 Å². The smallest absolute Gasteiger partial charge is 0.152 e. The summed E-state index contributed by atoms with van der Waals surface area (Å²) in [4.78, 5) is 2.36. The van der Waals surface area contributed by atoms with Crippen LogP contribution in [0.15, 0.2) is 24.3 Å². The van der Waals surface area contributed by atoms with Crippen LogP contribution in [0.4, 0.5) is 0 Å². The number of rotatable bonds is 4. The van der Waals surface area contributed by atoms with Crippen LogP contribution in [0, 0.1) is 0 Å². The molecule has 3 nitrogen and oxygen atoms in total. The van der Waals surface area contributed by atoms with Crippen LogP contribution in [0.25, 0.3) is 0 Å². The molecule has 94 valence electrons. The normalized spacial score (nSPS) is 18.9. The Balaban J connectivity index is 2.01. The van der Waals surface area contributed by atoms with Gasteiger partial charge in [-0.15, -0.1) is 0 Å². The molecule has 0 amide bonds. The molecule has 1 aromatic carbocycles. The van der Waals surface area contributed by atoms with Gasteiger partial charge in [-0.1, -0.05) is 30.7 Å². The predicted octanol–water partition coefficient (Wildman–Crippen LogP) is 2.36. The topological polar surface area (TPSA) is 24.5 Å². The van der Waals surface area contributed by atoms with Gasteiger partial charge in [0.15, 0.2) is 6.23 Å². The van der Waals surface area contributed by atoms with Gasteiger partial charge < -0.3 is 10.1 Å². The molecule has 1 unspecified atom stereocenters. The molecule has 1 aliphatic heterocycles. The fourth-order valence-corrected chi connectivity index (χ4v) is 2.25. The first-order valence-electron chi connectivity index (χ1n) is 6.17. The number of piperazine rings is 1. The van der Waals surface area contributed by atoms with Crippen LogP contribution in [-0.2, 0) is 0 Å². The zero-order chi connectivity index (χ0) is 12.1. The number of ether oxygens (including phenoxy) is 1. The van der Waals surface area contributed by atoms with Crippen LogP contribution < -0.4 is 10.1 Å². The molecule has 1 heterocycles. The summed E-state index contributed by atoms with van der Waals surface area (Å²) in [5.74, 6) is 0.777. The molecule has 0 aliphatic carbocycles. The molecule has 0 bridgehead atoms. The van der Waals surface area contributed by atoms with Crippen LogP contribution in [0.3, 0.4) is 0 Å². The van der Waals surface area contributed by atoms with Crippen molar-refractivity contribution in [3.8, 4) is 5.75 Å². The van der Waals surface area contributed by atoms with Crippen LogP contribution in [-0.4, -0.2) is 37.3 Å². The lowest BCUT2D eigenvalue weighted by Crippen LogP contribution is -2.50. The van der Waals surface area contributed by atoms with Gasteiger partial charge in [-0.2, -0.15) is 0 Å². The van der Waals surface area contributed by atoms with E-state index < -0.39 is 0 Å². The Morgan fingerprint density at radius 1 is 1.35 bits per heavy atom. The Morgan fingerprint density at radius 2 is 2.06 bits per heavy atom. The van der Waals surface area contributed by atoms with Crippen molar-refractivity contribution in [1.29, 1.82) is 0 Å². The Labute approximate surface area is 108 Å². The fourth-order valence-electron chi connectivity index (χ4n) is 2.07. The second-order valence-corrected chi connectivity index (χ2v) is 4.60. The summed E-state index contributed by atoms with van der Waals surface area (Å²) in [7, 11) is 0. The monoisotopic (exact) mass is 254 g/mol. The van der Waals surface area contributed by atoms with Gasteiger partial charge in [0, 0.05) is 26.2 Å². The van der Waals surface area contributed by atoms with E-state index in [-0.39, 0.29) is 6.23 Å². The van der Waals surface area contributed by atoms with E-state index in [0.29, 0.717) is 5.02 Å². The summed E-state index contributed by atoms with van der Waals surface area (Å²) >= 11 is 6.11. The van der Waals surface area contributed by atoms with Crippen LogP contribution in [0.1, 0.15) is 13.3 Å². The molecule has 17 heavy (non-hydrogen) atoms. The average Bonchev–Trinajstić information content (AvgIpc) is 2.39. The molecule has 0 spiro atoms. The van der Waals surface area contributed by atoms with E-state index in [1.54, 1.807) is 0 Å². The zero-order valence-corrected chi connectivity index (χ0v) is 10.9. The van der Waals surface area contributed by atoms with Crippen LogP contribution in [0.2, 0.25) is 5.02 Å². The number of nitrogens with zero attached hydrogens (tertiary/aromatic N) is 1. The maximum Gasteiger partial charge on any atom is 0.152 e. The number of halogens is 1. The lowest BCUT2D eigenvalue weighted by Gasteiger charge is -2.34. The fraction of sp³-hybridized carbons (Fsp3) is 0.538. The highest BCUT2D eigenvalue weighted by atomic mass is 35.5. The second-order valence-electron chi connectivity index (χ2n) is 4.20. The first kappa shape index (κ1) is 12.7. The van der Waals surface area contributed by atoms with Gasteiger partial charge in [0.1, 0.15) is 5.75 Å². The molecule has 4 heteroatoms. The standard InChI is InChI=1S/C13H19ClN2O/c1-2-13(16-9-7-15-8-10-16)17-12-6-4-3-5-11(12)14/h3-6,13,15H,2,7-10H2,1H3. The van der Waals surface area contributed by atoms with E-state index in [1.807, 2.05) is 24.3 Å². The largest absolute Gasteiger partial charge is 0.474 e. The molecule has 1 atom stereocenters. The first-order chi connectivity index (χ1) is 8.31. The minimum Gasteiger partial charge on any atom is -0.474 e. The molecule has 2 rings (SSSR count). The van der Waals surface area contributed by atoms with Gasteiger partial charge in [0.2, 0.25) is 0 Å². The number of benzene rings is 1. The van der Waals surface area contributed by atoms with Crippen molar-refractivity contribution >= 4 is 11.6 Å². The number of nitrogens with one attached hydrogen (secondary N) is 1. The molecule has 1 N–H and O–H groups in total. The minimum absolute atomic E-state index is 0.122. The maximum absolute atomic E-state index is 6.11. The zero-order valence-electron chi connectivity index (χ0n) is 10.2. The molecule has 1 aromatic rings. The van der Waals surface area contributed by atoms with E-state index in [9.17, 15) is 0 Å². The van der Waals surface area contributed by atoms with Crippen molar-refractivity contribution in [1.82, 2.24) is 10.2 Å². The molecule has 1 fully saturated rings. The summed E-state index contributed by atoms with van der Waals surface area (Å²) in [6.45, 7) is 6.26. The Hall–Kier alpha value is -0.770. The van der Waals surface area contributed by atoms with E-state index in [2.05, 4.69) is 17.1 Å². The van der Waals surface area contributed by atoms with Gasteiger partial charge in [-0.25, -0.2) is 0 Å². The molecule has 0 saturated carbocycles. The SMILES string of the molecule is CCC(Oc1ccccc1Cl)N1CCNCC1.